The average Bonchev–Trinajstić information content (AvgIpc) is 3.32. The summed E-state index contributed by atoms with van der Waals surface area (Å²) >= 11 is 0. The maximum atomic E-state index is 3.63. The summed E-state index contributed by atoms with van der Waals surface area (Å²) in [5.74, 6) is 0. The van der Waals surface area contributed by atoms with E-state index in [2.05, 4.69) is 67.6 Å². The first-order valence-corrected chi connectivity index (χ1v) is 12.9. The Bertz CT molecular complexity index is 772. The van der Waals surface area contributed by atoms with Crippen molar-refractivity contribution in [1.82, 2.24) is 0 Å². The van der Waals surface area contributed by atoms with Gasteiger partial charge in [0.2, 0.25) is 0 Å². The topological polar surface area (TPSA) is 0 Å². The smallest absolute Gasteiger partial charge is 1.00 e. The minimum atomic E-state index is -1.16. The van der Waals surface area contributed by atoms with Crippen LogP contribution in [0.3, 0.4) is 0 Å². The van der Waals surface area contributed by atoms with E-state index >= 15 is 0 Å². The zero-order chi connectivity index (χ0) is 17.8. The van der Waals surface area contributed by atoms with Crippen LogP contribution in [0.4, 0.5) is 0 Å². The van der Waals surface area contributed by atoms with Gasteiger partial charge in [0.15, 0.2) is 0 Å². The van der Waals surface area contributed by atoms with E-state index in [-0.39, 0.29) is 50.7 Å². The molecule has 1 heterocycles. The van der Waals surface area contributed by atoms with Gasteiger partial charge in [-0.25, -0.2) is 12.2 Å². The molecule has 29 heavy (non-hydrogen) atoms. The molecule has 0 saturated carbocycles. The Morgan fingerprint density at radius 2 is 1.79 bits per heavy atom. The maximum absolute atomic E-state index is 3.63. The molecule has 2 aromatic carbocycles. The fourth-order valence-corrected chi connectivity index (χ4v) is 10.3. The molecule has 5 rings (SSSR count). The van der Waals surface area contributed by atoms with Crippen molar-refractivity contribution < 1.29 is 50.7 Å². The summed E-state index contributed by atoms with van der Waals surface area (Å²) in [6.45, 7) is 2.34. The Balaban J connectivity index is 0.000000465. The fraction of sp³-hybridized carbons (Fsp3) is 0.360. The normalized spacial score (nSPS) is 18.6. The molecule has 1 aliphatic heterocycles. The van der Waals surface area contributed by atoms with E-state index in [0.29, 0.717) is 0 Å². The third-order valence-electron chi connectivity index (χ3n) is 6.31. The van der Waals surface area contributed by atoms with Crippen LogP contribution in [0.5, 0.6) is 0 Å². The molecule has 0 amide bonds. The molecule has 1 saturated heterocycles. The molecule has 1 fully saturated rings. The van der Waals surface area contributed by atoms with Gasteiger partial charge in [-0.3, -0.25) is 6.08 Å². The molecule has 3 aliphatic rings. The first-order valence-electron chi connectivity index (χ1n) is 10.2. The second-order valence-corrected chi connectivity index (χ2v) is 12.6. The van der Waals surface area contributed by atoms with Crippen LogP contribution in [0.25, 0.3) is 11.1 Å². The third-order valence-corrected chi connectivity index (χ3v) is 12.2. The van der Waals surface area contributed by atoms with Crippen molar-refractivity contribution in [1.29, 1.82) is 0 Å². The summed E-state index contributed by atoms with van der Waals surface area (Å²) in [4.78, 5) is 0. The van der Waals surface area contributed by atoms with Gasteiger partial charge < -0.3 is 24.8 Å². The maximum Gasteiger partial charge on any atom is 4.00 e. The van der Waals surface area contributed by atoms with Crippen molar-refractivity contribution in [2.45, 2.75) is 56.3 Å². The van der Waals surface area contributed by atoms with E-state index in [0.717, 1.165) is 12.0 Å². The molecule has 4 heteroatoms. The van der Waals surface area contributed by atoms with Gasteiger partial charge in [-0.15, -0.1) is 17.5 Å². The van der Waals surface area contributed by atoms with E-state index in [9.17, 15) is 0 Å². The van der Waals surface area contributed by atoms with E-state index in [1.165, 1.54) is 54.1 Å². The van der Waals surface area contributed by atoms with Gasteiger partial charge in [-0.2, -0.15) is 30.3 Å². The van der Waals surface area contributed by atoms with Gasteiger partial charge in [0, 0.05) is 0 Å². The second-order valence-electron chi connectivity index (χ2n) is 7.84. The van der Waals surface area contributed by atoms with E-state index in [1.54, 1.807) is 5.56 Å². The number of allylic oxidation sites excluding steroid dienone is 4. The molecule has 2 aromatic rings. The zero-order valence-electron chi connectivity index (χ0n) is 17.1. The van der Waals surface area contributed by atoms with Crippen LogP contribution in [0, 0.1) is 12.1 Å². The van der Waals surface area contributed by atoms with Crippen molar-refractivity contribution in [3.63, 3.8) is 0 Å². The largest absolute Gasteiger partial charge is 4.00 e. The molecule has 0 nitrogen and oxygen atoms in total. The molecule has 1 atom stereocenters. The Kier molecular flexibility index (Phi) is 11.4. The number of rotatable bonds is 4. The number of hydrogen-bond donors (Lipinski definition) is 0. The molecule has 0 spiro atoms. The van der Waals surface area contributed by atoms with E-state index < -0.39 is 8.07 Å². The van der Waals surface area contributed by atoms with Crippen LogP contribution in [0.15, 0.2) is 60.7 Å². The third kappa shape index (κ3) is 5.45. The van der Waals surface area contributed by atoms with Gasteiger partial charge in [0.25, 0.3) is 0 Å². The van der Waals surface area contributed by atoms with Crippen molar-refractivity contribution >= 4 is 8.07 Å². The van der Waals surface area contributed by atoms with Crippen molar-refractivity contribution in [3.05, 3.63) is 84.0 Å². The van der Waals surface area contributed by atoms with Gasteiger partial charge in [0.05, 0.1) is 8.07 Å². The molecule has 1 unspecified atom stereocenters. The minimum absolute atomic E-state index is 0. The summed E-state index contributed by atoms with van der Waals surface area (Å²) in [5.41, 5.74) is 6.83. The zero-order valence-corrected chi connectivity index (χ0v) is 23.2. The Morgan fingerprint density at radius 3 is 2.38 bits per heavy atom. The summed E-state index contributed by atoms with van der Waals surface area (Å²) in [7, 11) is -1.16. The molecule has 0 aromatic heterocycles. The molecule has 0 bridgehead atoms. The van der Waals surface area contributed by atoms with Crippen LogP contribution in [-0.4, -0.2) is 8.07 Å². The number of halogens is 2. The Labute approximate surface area is 208 Å². The number of hydrogen-bond acceptors (Lipinski definition) is 0. The van der Waals surface area contributed by atoms with E-state index in [4.69, 9.17) is 0 Å². The summed E-state index contributed by atoms with van der Waals surface area (Å²) in [6.07, 6.45) is 14.2. The van der Waals surface area contributed by atoms with E-state index in [1.807, 2.05) is 12.2 Å². The number of unbranched alkanes of at least 4 members (excludes halogenated alkanes) is 1. The van der Waals surface area contributed by atoms with Crippen molar-refractivity contribution in [2.75, 3.05) is 0 Å². The average molecular weight is 606 g/mol. The van der Waals surface area contributed by atoms with Crippen LogP contribution >= 0.6 is 0 Å². The Hall–Kier alpha value is -0.413. The quantitative estimate of drug-likeness (QED) is 0.362. The van der Waals surface area contributed by atoms with Crippen LogP contribution in [0.1, 0.15) is 49.3 Å². The van der Waals surface area contributed by atoms with Crippen LogP contribution in [-0.2, 0) is 25.8 Å². The molecular formula is C25H28Cl2HfSi. The minimum Gasteiger partial charge on any atom is -1.00 e. The fourth-order valence-electron chi connectivity index (χ4n) is 4.89. The first-order chi connectivity index (χ1) is 12.9. The monoisotopic (exact) mass is 606 g/mol. The number of benzene rings is 2. The van der Waals surface area contributed by atoms with Crippen LogP contribution < -0.4 is 24.8 Å². The second kappa shape index (κ2) is 12.4. The van der Waals surface area contributed by atoms with Gasteiger partial charge in [-0.05, 0) is 11.1 Å². The summed E-state index contributed by atoms with van der Waals surface area (Å²) in [5, 5.41) is 0. The van der Waals surface area contributed by atoms with Crippen LogP contribution in [0.2, 0.25) is 18.1 Å². The summed E-state index contributed by atoms with van der Waals surface area (Å²) in [6, 6.07) is 24.0. The van der Waals surface area contributed by atoms with Gasteiger partial charge >= 0.3 is 25.8 Å². The predicted octanol–water partition coefficient (Wildman–Crippen LogP) is 1.10. The van der Waals surface area contributed by atoms with Gasteiger partial charge in [-0.1, -0.05) is 74.1 Å². The van der Waals surface area contributed by atoms with Crippen molar-refractivity contribution in [3.8, 4) is 11.1 Å². The molecule has 0 N–H and O–H groups in total. The molecule has 2 aliphatic carbocycles. The van der Waals surface area contributed by atoms with Gasteiger partial charge in [0.1, 0.15) is 0 Å². The standard InChI is InChI=1S/C20H23Si.C5H5.2ClH.Hf/c1-2-3-13-21(14-8-15-21)20-18-11-6-4-9-16(18)17-10-5-7-12-19(17)20;1-2-4-5-3-1;;;/h4-7,9-11,20H,2-3,8,13-15H2,1H3;1-3H,4H2;2*1H;/q2*-1;;;+4/p-2. The summed E-state index contributed by atoms with van der Waals surface area (Å²) < 4.78 is 0. The Morgan fingerprint density at radius 1 is 1.03 bits per heavy atom. The SMILES string of the molecule is CCCC[Si]1(C2c3[c-]cccc3-c3ccccc32)CCC1.[C-]1=CC=CC1.[Cl-].[Cl-].[Hf+4]. The molecule has 0 radical (unpaired) electrons. The number of fused-ring (bicyclic) bond motifs is 3. The van der Waals surface area contributed by atoms with Crippen molar-refractivity contribution in [2.24, 2.45) is 0 Å². The molecule has 150 valence electrons. The first kappa shape index (κ1) is 26.6. The molecular weight excluding hydrogens is 578 g/mol. The predicted molar refractivity (Wildman–Crippen MR) is 114 cm³/mol.